The topological polar surface area (TPSA) is 114 Å². The van der Waals surface area contributed by atoms with Gasteiger partial charge in [0.15, 0.2) is 0 Å². The van der Waals surface area contributed by atoms with E-state index in [4.69, 9.17) is 10.5 Å². The van der Waals surface area contributed by atoms with E-state index >= 15 is 0 Å². The van der Waals surface area contributed by atoms with Crippen molar-refractivity contribution in [1.82, 2.24) is 14.5 Å². The van der Waals surface area contributed by atoms with Gasteiger partial charge in [-0.25, -0.2) is 4.98 Å². The minimum atomic E-state index is -0.783. The summed E-state index contributed by atoms with van der Waals surface area (Å²) < 4.78 is 8.17. The quantitative estimate of drug-likeness (QED) is 0.474. The van der Waals surface area contributed by atoms with Crippen LogP contribution in [0.4, 0.5) is 0 Å². The SMILES string of the molecule is CCC1(c2cccc(Oc3cc(C(C)(CC(N)=O)c4cncn4C)ccc3C#N)c2)CCCCN(C)C1=O. The van der Waals surface area contributed by atoms with E-state index in [0.29, 0.717) is 23.5 Å². The second-order valence-electron chi connectivity index (χ2n) is 10.4. The Balaban J connectivity index is 1.76. The number of carbonyl (C=O) groups excluding carboxylic acids is 2. The summed E-state index contributed by atoms with van der Waals surface area (Å²) in [6.07, 6.45) is 6.89. The Labute approximate surface area is 224 Å². The molecule has 1 fully saturated rings. The van der Waals surface area contributed by atoms with Gasteiger partial charge in [0.25, 0.3) is 0 Å². The van der Waals surface area contributed by atoms with Gasteiger partial charge in [0.2, 0.25) is 11.8 Å². The molecule has 2 amide bonds. The standard InChI is InChI=1S/C30H35N5O3/c1-5-30(13-6-7-14-34(3)28(30)37)23-9-8-10-24(15-23)38-25-16-22(12-11-21(25)18-31)29(2,17-27(32)36)26-19-33-20-35(26)4/h8-12,15-16,19-20H,5-7,13-14,17H2,1-4H3,(H2,32,36). The molecular weight excluding hydrogens is 478 g/mol. The fourth-order valence-corrected chi connectivity index (χ4v) is 5.75. The lowest BCUT2D eigenvalue weighted by Crippen LogP contribution is -2.43. The van der Waals surface area contributed by atoms with Crippen LogP contribution in [0.1, 0.15) is 68.3 Å². The van der Waals surface area contributed by atoms with Gasteiger partial charge < -0.3 is 19.9 Å². The Morgan fingerprint density at radius 1 is 1.24 bits per heavy atom. The molecular formula is C30H35N5O3. The van der Waals surface area contributed by atoms with Crippen molar-refractivity contribution in [2.24, 2.45) is 12.8 Å². The van der Waals surface area contributed by atoms with Gasteiger partial charge in [-0.3, -0.25) is 9.59 Å². The first-order chi connectivity index (χ1) is 18.1. The van der Waals surface area contributed by atoms with Gasteiger partial charge in [-0.1, -0.05) is 31.5 Å². The lowest BCUT2D eigenvalue weighted by Gasteiger charge is -2.33. The van der Waals surface area contributed by atoms with E-state index in [1.165, 1.54) is 0 Å². The number of imidazole rings is 1. The first-order valence-corrected chi connectivity index (χ1v) is 13.0. The van der Waals surface area contributed by atoms with Crippen molar-refractivity contribution in [2.45, 2.75) is 56.8 Å². The number of hydrogen-bond acceptors (Lipinski definition) is 5. The number of benzene rings is 2. The highest BCUT2D eigenvalue weighted by atomic mass is 16.5. The van der Waals surface area contributed by atoms with Crippen LogP contribution < -0.4 is 10.5 Å². The van der Waals surface area contributed by atoms with Crippen LogP contribution in [0.5, 0.6) is 11.5 Å². The molecule has 198 valence electrons. The number of nitriles is 1. The molecule has 0 saturated carbocycles. The molecule has 1 aliphatic heterocycles. The number of ether oxygens (including phenoxy) is 1. The molecule has 1 aliphatic rings. The fourth-order valence-electron chi connectivity index (χ4n) is 5.75. The van der Waals surface area contributed by atoms with Crippen LogP contribution in [0.2, 0.25) is 0 Å². The molecule has 1 aromatic heterocycles. The van der Waals surface area contributed by atoms with Crippen LogP contribution in [0.15, 0.2) is 55.0 Å². The molecule has 1 saturated heterocycles. The number of aryl methyl sites for hydroxylation is 1. The van der Waals surface area contributed by atoms with Crippen molar-refractivity contribution in [2.75, 3.05) is 13.6 Å². The van der Waals surface area contributed by atoms with Crippen LogP contribution in [0.3, 0.4) is 0 Å². The zero-order valence-corrected chi connectivity index (χ0v) is 22.5. The molecule has 0 spiro atoms. The summed E-state index contributed by atoms with van der Waals surface area (Å²) in [6, 6.07) is 15.1. The van der Waals surface area contributed by atoms with Crippen molar-refractivity contribution < 1.29 is 14.3 Å². The Morgan fingerprint density at radius 3 is 2.68 bits per heavy atom. The van der Waals surface area contributed by atoms with Crippen molar-refractivity contribution in [3.05, 3.63) is 77.4 Å². The Hall–Kier alpha value is -4.12. The summed E-state index contributed by atoms with van der Waals surface area (Å²) >= 11 is 0. The highest BCUT2D eigenvalue weighted by Crippen LogP contribution is 2.41. The number of hydrogen-bond donors (Lipinski definition) is 1. The predicted octanol–water partition coefficient (Wildman–Crippen LogP) is 4.56. The maximum atomic E-state index is 13.4. The maximum absolute atomic E-state index is 13.4. The molecule has 0 aliphatic carbocycles. The Morgan fingerprint density at radius 2 is 2.03 bits per heavy atom. The Kier molecular flexibility index (Phi) is 7.58. The molecule has 0 radical (unpaired) electrons. The number of nitrogens with zero attached hydrogens (tertiary/aromatic N) is 4. The van der Waals surface area contributed by atoms with E-state index in [-0.39, 0.29) is 12.3 Å². The van der Waals surface area contributed by atoms with E-state index in [1.54, 1.807) is 24.7 Å². The zero-order chi connectivity index (χ0) is 27.5. The van der Waals surface area contributed by atoms with Gasteiger partial charge in [0.1, 0.15) is 17.6 Å². The lowest BCUT2D eigenvalue weighted by molar-refractivity contribution is -0.135. The van der Waals surface area contributed by atoms with Gasteiger partial charge in [0, 0.05) is 44.4 Å². The molecule has 2 atom stereocenters. The number of likely N-dealkylation sites (tertiary alicyclic amines) is 1. The van der Waals surface area contributed by atoms with E-state index in [0.717, 1.165) is 42.6 Å². The molecule has 4 rings (SSSR count). The van der Waals surface area contributed by atoms with E-state index in [2.05, 4.69) is 18.0 Å². The number of carbonyl (C=O) groups is 2. The number of likely N-dealkylation sites (N-methyl/N-ethyl adjacent to an activating group) is 1. The van der Waals surface area contributed by atoms with E-state index in [1.807, 2.05) is 60.8 Å². The second-order valence-corrected chi connectivity index (χ2v) is 10.4. The van der Waals surface area contributed by atoms with Crippen LogP contribution in [0, 0.1) is 11.3 Å². The average Bonchev–Trinajstić information content (AvgIpc) is 3.28. The molecule has 8 nitrogen and oxygen atoms in total. The molecule has 2 N–H and O–H groups in total. The number of aromatic nitrogens is 2. The normalized spacial score (nSPS) is 19.3. The highest BCUT2D eigenvalue weighted by Gasteiger charge is 2.41. The third-order valence-corrected chi connectivity index (χ3v) is 7.97. The van der Waals surface area contributed by atoms with Crippen LogP contribution in [-0.4, -0.2) is 39.9 Å². The molecule has 38 heavy (non-hydrogen) atoms. The van der Waals surface area contributed by atoms with Crippen molar-refractivity contribution >= 4 is 11.8 Å². The van der Waals surface area contributed by atoms with E-state index in [9.17, 15) is 14.9 Å². The van der Waals surface area contributed by atoms with Crippen LogP contribution >= 0.6 is 0 Å². The van der Waals surface area contributed by atoms with Crippen LogP contribution in [-0.2, 0) is 27.5 Å². The summed E-state index contributed by atoms with van der Waals surface area (Å²) in [5.41, 5.74) is 7.13. The van der Waals surface area contributed by atoms with Gasteiger partial charge >= 0.3 is 0 Å². The Bertz CT molecular complexity index is 1390. The molecule has 8 heteroatoms. The van der Waals surface area contributed by atoms with Gasteiger partial charge in [-0.2, -0.15) is 5.26 Å². The largest absolute Gasteiger partial charge is 0.456 e. The number of rotatable bonds is 8. The molecule has 3 aromatic rings. The van der Waals surface area contributed by atoms with Crippen molar-refractivity contribution in [3.8, 4) is 17.6 Å². The third-order valence-electron chi connectivity index (χ3n) is 7.97. The predicted molar refractivity (Wildman–Crippen MR) is 145 cm³/mol. The van der Waals surface area contributed by atoms with Gasteiger partial charge in [0.05, 0.1) is 17.3 Å². The summed E-state index contributed by atoms with van der Waals surface area (Å²) in [7, 11) is 3.73. The minimum Gasteiger partial charge on any atom is -0.456 e. The zero-order valence-electron chi connectivity index (χ0n) is 22.5. The number of nitrogens with two attached hydrogens (primary N) is 1. The summed E-state index contributed by atoms with van der Waals surface area (Å²) in [5.74, 6) is 0.597. The lowest BCUT2D eigenvalue weighted by atomic mass is 9.73. The summed E-state index contributed by atoms with van der Waals surface area (Å²) in [5, 5.41) is 9.83. The van der Waals surface area contributed by atoms with Crippen LogP contribution in [0.25, 0.3) is 0 Å². The fraction of sp³-hybridized carbons (Fsp3) is 0.400. The third kappa shape index (κ3) is 4.89. The van der Waals surface area contributed by atoms with Crippen molar-refractivity contribution in [1.29, 1.82) is 5.26 Å². The molecule has 2 unspecified atom stereocenters. The van der Waals surface area contributed by atoms with E-state index < -0.39 is 16.7 Å². The first-order valence-electron chi connectivity index (χ1n) is 13.0. The maximum Gasteiger partial charge on any atom is 0.232 e. The molecule has 2 heterocycles. The minimum absolute atomic E-state index is 0.0575. The average molecular weight is 514 g/mol. The highest BCUT2D eigenvalue weighted by molar-refractivity contribution is 5.88. The second kappa shape index (κ2) is 10.7. The first kappa shape index (κ1) is 26.9. The van der Waals surface area contributed by atoms with Gasteiger partial charge in [-0.15, -0.1) is 0 Å². The van der Waals surface area contributed by atoms with Crippen molar-refractivity contribution in [3.63, 3.8) is 0 Å². The summed E-state index contributed by atoms with van der Waals surface area (Å²) in [4.78, 5) is 31.6. The van der Waals surface area contributed by atoms with Gasteiger partial charge in [-0.05, 0) is 61.6 Å². The molecule has 0 bridgehead atoms. The molecule has 2 aromatic carbocycles. The monoisotopic (exact) mass is 513 g/mol. The number of amides is 2. The smallest absolute Gasteiger partial charge is 0.232 e. The number of primary amides is 1. The summed E-state index contributed by atoms with van der Waals surface area (Å²) in [6.45, 7) is 4.75.